The molecule has 116 valence electrons. The fourth-order valence-electron chi connectivity index (χ4n) is 2.46. The third kappa shape index (κ3) is 7.44. The largest absolute Gasteiger partial charge is 0.390 e. The van der Waals surface area contributed by atoms with E-state index in [1.165, 1.54) is 64.2 Å². The van der Waals surface area contributed by atoms with Gasteiger partial charge in [0, 0.05) is 12.6 Å². The zero-order valence-electron chi connectivity index (χ0n) is 12.8. The molecule has 1 aromatic rings. The number of aromatic nitrogens is 2. The summed E-state index contributed by atoms with van der Waals surface area (Å²) in [5.74, 6) is 1.02. The fourth-order valence-corrected chi connectivity index (χ4v) is 2.95. The first-order chi connectivity index (χ1) is 9.77. The summed E-state index contributed by atoms with van der Waals surface area (Å²) < 4.78 is 1.85. The van der Waals surface area contributed by atoms with Crippen LogP contribution in [0, 0.1) is 0 Å². The van der Waals surface area contributed by atoms with Crippen molar-refractivity contribution in [2.75, 3.05) is 0 Å². The third-order valence-electron chi connectivity index (χ3n) is 3.70. The van der Waals surface area contributed by atoms with Gasteiger partial charge >= 0.3 is 0 Å². The maximum absolute atomic E-state index is 9.02. The van der Waals surface area contributed by atoms with Gasteiger partial charge in [0.05, 0.1) is 28.4 Å². The van der Waals surface area contributed by atoms with E-state index in [4.69, 9.17) is 5.11 Å². The third-order valence-corrected chi connectivity index (χ3v) is 4.31. The van der Waals surface area contributed by atoms with Crippen molar-refractivity contribution in [3.8, 4) is 0 Å². The van der Waals surface area contributed by atoms with Gasteiger partial charge in [0.2, 0.25) is 0 Å². The lowest BCUT2D eigenvalue weighted by Crippen LogP contribution is -1.93. The Labute approximate surface area is 132 Å². The van der Waals surface area contributed by atoms with Crippen molar-refractivity contribution < 1.29 is 5.11 Å². The smallest absolute Gasteiger partial charge is 0.119 e. The van der Waals surface area contributed by atoms with Gasteiger partial charge in [0.1, 0.15) is 5.82 Å². The second-order valence-corrected chi connectivity index (χ2v) is 6.31. The van der Waals surface area contributed by atoms with Crippen LogP contribution in [-0.4, -0.2) is 13.7 Å². The lowest BCUT2D eigenvalue weighted by molar-refractivity contribution is 0.277. The average molecular weight is 345 g/mol. The predicted molar refractivity (Wildman–Crippen MR) is 88.0 cm³/mol. The molecule has 0 aliphatic carbocycles. The van der Waals surface area contributed by atoms with Crippen molar-refractivity contribution in [3.05, 3.63) is 17.7 Å². The number of aliphatic hydroxyl groups is 1. The number of hydrogen-bond donors (Lipinski definition) is 1. The number of aliphatic hydroxyl groups excluding tert-OH is 1. The molecule has 4 heteroatoms. The topological polar surface area (TPSA) is 38.1 Å². The van der Waals surface area contributed by atoms with Gasteiger partial charge < -0.3 is 5.11 Å². The van der Waals surface area contributed by atoms with Gasteiger partial charge in [-0.3, -0.25) is 3.59 Å². The summed E-state index contributed by atoms with van der Waals surface area (Å²) in [7, 11) is 0. The van der Waals surface area contributed by atoms with E-state index in [2.05, 4.69) is 28.1 Å². The van der Waals surface area contributed by atoms with Gasteiger partial charge in [-0.15, -0.1) is 0 Å². The second kappa shape index (κ2) is 11.3. The van der Waals surface area contributed by atoms with E-state index in [1.807, 2.05) is 9.79 Å². The fraction of sp³-hybridized carbons (Fsp3) is 0.812. The van der Waals surface area contributed by atoms with Crippen LogP contribution in [-0.2, 0) is 13.0 Å². The standard InChI is InChI=1S/C16H29BrN2O/c1-2-3-4-5-6-7-8-9-10-11-12-16-18-15(14-20)13-19(16)17/h13,20H,2-12,14H2,1H3. The minimum Gasteiger partial charge on any atom is -0.390 e. The Bertz CT molecular complexity index is 352. The first kappa shape index (κ1) is 17.7. The lowest BCUT2D eigenvalue weighted by atomic mass is 10.1. The van der Waals surface area contributed by atoms with Crippen LogP contribution in [0.25, 0.3) is 0 Å². The highest BCUT2D eigenvalue weighted by atomic mass is 79.9. The zero-order valence-corrected chi connectivity index (χ0v) is 14.4. The molecule has 0 saturated carbocycles. The molecule has 0 radical (unpaired) electrons. The molecule has 0 spiro atoms. The van der Waals surface area contributed by atoms with Gasteiger partial charge in [0.25, 0.3) is 0 Å². The number of halogens is 1. The van der Waals surface area contributed by atoms with Crippen LogP contribution in [0.1, 0.15) is 82.7 Å². The molecule has 3 nitrogen and oxygen atoms in total. The number of aryl methyl sites for hydroxylation is 1. The molecule has 0 aromatic carbocycles. The maximum Gasteiger partial charge on any atom is 0.119 e. The van der Waals surface area contributed by atoms with E-state index in [0.717, 1.165) is 17.9 Å². The van der Waals surface area contributed by atoms with Crippen LogP contribution < -0.4 is 0 Å². The molecule has 0 fully saturated rings. The number of imidazole rings is 1. The summed E-state index contributed by atoms with van der Waals surface area (Å²) in [4.78, 5) is 4.37. The molecule has 0 amide bonds. The molecule has 0 aliphatic rings. The summed E-state index contributed by atoms with van der Waals surface area (Å²) in [6, 6.07) is 0. The van der Waals surface area contributed by atoms with Crippen molar-refractivity contribution in [3.63, 3.8) is 0 Å². The number of rotatable bonds is 12. The van der Waals surface area contributed by atoms with Crippen LogP contribution in [0.4, 0.5) is 0 Å². The van der Waals surface area contributed by atoms with E-state index in [-0.39, 0.29) is 6.61 Å². The normalized spacial score (nSPS) is 11.2. The molecule has 1 heterocycles. The van der Waals surface area contributed by atoms with Crippen molar-refractivity contribution >= 4 is 16.1 Å². The van der Waals surface area contributed by atoms with Crippen molar-refractivity contribution in [1.29, 1.82) is 0 Å². The Hall–Kier alpha value is -0.350. The minimum atomic E-state index is 0.0175. The van der Waals surface area contributed by atoms with E-state index >= 15 is 0 Å². The molecule has 0 unspecified atom stereocenters. The Morgan fingerprint density at radius 1 is 1.00 bits per heavy atom. The Morgan fingerprint density at radius 2 is 1.55 bits per heavy atom. The maximum atomic E-state index is 9.02. The van der Waals surface area contributed by atoms with Gasteiger partial charge in [-0.25, -0.2) is 4.98 Å². The number of unbranched alkanes of at least 4 members (excludes halogenated alkanes) is 9. The summed E-state index contributed by atoms with van der Waals surface area (Å²) in [5, 5.41) is 9.02. The first-order valence-electron chi connectivity index (χ1n) is 8.12. The zero-order chi connectivity index (χ0) is 14.6. The summed E-state index contributed by atoms with van der Waals surface area (Å²) in [6.07, 6.45) is 16.4. The molecule has 0 atom stereocenters. The van der Waals surface area contributed by atoms with Crippen LogP contribution in [0.3, 0.4) is 0 Å². The van der Waals surface area contributed by atoms with Crippen molar-refractivity contribution in [1.82, 2.24) is 8.58 Å². The highest BCUT2D eigenvalue weighted by Gasteiger charge is 2.05. The van der Waals surface area contributed by atoms with Crippen LogP contribution in [0.15, 0.2) is 6.20 Å². The highest BCUT2D eigenvalue weighted by Crippen LogP contribution is 2.13. The second-order valence-electron chi connectivity index (χ2n) is 5.55. The van der Waals surface area contributed by atoms with Gasteiger partial charge in [-0.1, -0.05) is 64.7 Å². The predicted octanol–water partition coefficient (Wildman–Crippen LogP) is 5.00. The molecular weight excluding hydrogens is 316 g/mol. The minimum absolute atomic E-state index is 0.0175. The number of nitrogens with zero attached hydrogens (tertiary/aromatic N) is 2. The molecule has 1 rings (SSSR count). The SMILES string of the molecule is CCCCCCCCCCCCc1nc(CO)cn1Br. The molecule has 1 aromatic heterocycles. The summed E-state index contributed by atoms with van der Waals surface area (Å²) >= 11 is 3.42. The number of hydrogen-bond acceptors (Lipinski definition) is 2. The molecule has 1 N–H and O–H groups in total. The molecule has 0 saturated heterocycles. The molecule has 0 bridgehead atoms. The molecule has 0 aliphatic heterocycles. The molecular formula is C16H29BrN2O. The van der Waals surface area contributed by atoms with Gasteiger partial charge in [-0.05, 0) is 6.42 Å². The van der Waals surface area contributed by atoms with Crippen LogP contribution in [0.2, 0.25) is 0 Å². The van der Waals surface area contributed by atoms with E-state index in [0.29, 0.717) is 0 Å². The quantitative estimate of drug-likeness (QED) is 0.542. The van der Waals surface area contributed by atoms with Gasteiger partial charge in [-0.2, -0.15) is 0 Å². The van der Waals surface area contributed by atoms with Gasteiger partial charge in [0.15, 0.2) is 0 Å². The monoisotopic (exact) mass is 344 g/mol. The Kier molecular flexibility index (Phi) is 10.0. The molecule has 20 heavy (non-hydrogen) atoms. The van der Waals surface area contributed by atoms with Crippen LogP contribution in [0.5, 0.6) is 0 Å². The Balaban J connectivity index is 1.95. The van der Waals surface area contributed by atoms with E-state index in [1.54, 1.807) is 0 Å². The van der Waals surface area contributed by atoms with E-state index in [9.17, 15) is 0 Å². The summed E-state index contributed by atoms with van der Waals surface area (Å²) in [6.45, 7) is 2.28. The average Bonchev–Trinajstić information content (AvgIpc) is 2.81. The first-order valence-corrected chi connectivity index (χ1v) is 8.83. The van der Waals surface area contributed by atoms with Crippen molar-refractivity contribution in [2.24, 2.45) is 0 Å². The highest BCUT2D eigenvalue weighted by molar-refractivity contribution is 9.08. The van der Waals surface area contributed by atoms with E-state index < -0.39 is 0 Å². The van der Waals surface area contributed by atoms with Crippen molar-refractivity contribution in [2.45, 2.75) is 84.2 Å². The summed E-state index contributed by atoms with van der Waals surface area (Å²) in [5.41, 5.74) is 0.740. The van der Waals surface area contributed by atoms with Crippen LogP contribution >= 0.6 is 16.1 Å². The lowest BCUT2D eigenvalue weighted by Gasteiger charge is -2.02. The Morgan fingerprint density at radius 3 is 2.05 bits per heavy atom.